The van der Waals surface area contributed by atoms with Crippen molar-refractivity contribution in [1.82, 2.24) is 0 Å². The molecule has 0 aliphatic heterocycles. The maximum Gasteiger partial charge on any atom is 0.192 e. The molecule has 2 atom stereocenters. The molecule has 0 spiro atoms. The summed E-state index contributed by atoms with van der Waals surface area (Å²) >= 11 is 0. The zero-order chi connectivity index (χ0) is 12.9. The number of hydrogen-bond acceptors (Lipinski definition) is 2. The molecule has 0 aliphatic carbocycles. The smallest absolute Gasteiger partial charge is 0.192 e. The summed E-state index contributed by atoms with van der Waals surface area (Å²) < 4.78 is 0. The van der Waals surface area contributed by atoms with Crippen LogP contribution in [0.15, 0.2) is 43.0 Å². The number of hydrogen-bond donors (Lipinski definition) is 1. The van der Waals surface area contributed by atoms with Crippen LogP contribution in [-0.2, 0) is 0 Å². The Morgan fingerprint density at radius 3 is 2.53 bits per heavy atom. The van der Waals surface area contributed by atoms with Gasteiger partial charge in [0.25, 0.3) is 0 Å². The maximum absolute atomic E-state index is 12.1. The van der Waals surface area contributed by atoms with Crippen molar-refractivity contribution < 1.29 is 9.90 Å². The van der Waals surface area contributed by atoms with Crippen LogP contribution in [0.1, 0.15) is 37.0 Å². The lowest BCUT2D eigenvalue weighted by Gasteiger charge is -2.30. The number of Topliss-reactive ketones (excluding diaryl/α,β-unsaturated/α-hetero) is 1. The number of carbonyl (C=O) groups excluding carboxylic acids is 1. The summed E-state index contributed by atoms with van der Waals surface area (Å²) in [5.74, 6) is -0.235. The number of aliphatic hydroxyl groups is 1. The first-order valence-electron chi connectivity index (χ1n) is 5.96. The van der Waals surface area contributed by atoms with E-state index in [1.807, 2.05) is 19.9 Å². The molecule has 0 aliphatic rings. The van der Waals surface area contributed by atoms with E-state index in [2.05, 4.69) is 6.58 Å². The molecule has 1 aromatic carbocycles. The summed E-state index contributed by atoms with van der Waals surface area (Å²) in [5.41, 5.74) is -0.00836. The molecule has 0 heterocycles. The minimum absolute atomic E-state index is 0.235. The molecule has 0 amide bonds. The van der Waals surface area contributed by atoms with Gasteiger partial charge in [-0.1, -0.05) is 56.7 Å². The Balaban J connectivity index is 2.92. The largest absolute Gasteiger partial charge is 0.384 e. The molecule has 17 heavy (non-hydrogen) atoms. The Kier molecular flexibility index (Phi) is 4.64. The number of benzene rings is 1. The summed E-state index contributed by atoms with van der Waals surface area (Å²) in [7, 11) is 0. The van der Waals surface area contributed by atoms with Crippen LogP contribution >= 0.6 is 0 Å². The second kappa shape index (κ2) is 5.78. The van der Waals surface area contributed by atoms with Crippen molar-refractivity contribution in [1.29, 1.82) is 0 Å². The van der Waals surface area contributed by atoms with Crippen molar-refractivity contribution in [2.24, 2.45) is 5.41 Å². The highest BCUT2D eigenvalue weighted by Gasteiger charge is 2.34. The molecule has 2 nitrogen and oxygen atoms in total. The van der Waals surface area contributed by atoms with Gasteiger partial charge in [-0.25, -0.2) is 0 Å². The highest BCUT2D eigenvalue weighted by Crippen LogP contribution is 2.30. The predicted molar refractivity (Wildman–Crippen MR) is 70.0 cm³/mol. The van der Waals surface area contributed by atoms with Gasteiger partial charge in [0.2, 0.25) is 0 Å². The normalized spacial score (nSPS) is 15.9. The quantitative estimate of drug-likeness (QED) is 0.604. The molecule has 2 heteroatoms. The molecule has 0 saturated heterocycles. The molecular formula is C15H20O2. The van der Waals surface area contributed by atoms with E-state index in [1.54, 1.807) is 30.3 Å². The summed E-state index contributed by atoms with van der Waals surface area (Å²) in [6.07, 6.45) is 2.31. The van der Waals surface area contributed by atoms with Gasteiger partial charge in [0.1, 0.15) is 6.10 Å². The average Bonchev–Trinajstić information content (AvgIpc) is 2.38. The number of ketones is 1. The third-order valence-electron chi connectivity index (χ3n) is 3.19. The van der Waals surface area contributed by atoms with E-state index < -0.39 is 11.5 Å². The summed E-state index contributed by atoms with van der Waals surface area (Å²) in [4.78, 5) is 12.1. The van der Waals surface area contributed by atoms with Crippen LogP contribution in [0.4, 0.5) is 0 Å². The number of rotatable bonds is 6. The van der Waals surface area contributed by atoms with Gasteiger partial charge >= 0.3 is 0 Å². The molecule has 0 saturated carbocycles. The topological polar surface area (TPSA) is 37.3 Å². The van der Waals surface area contributed by atoms with Crippen LogP contribution in [0.25, 0.3) is 0 Å². The average molecular weight is 232 g/mol. The Morgan fingerprint density at radius 2 is 2.06 bits per heavy atom. The van der Waals surface area contributed by atoms with Gasteiger partial charge in [-0.05, 0) is 6.42 Å². The molecular weight excluding hydrogens is 212 g/mol. The van der Waals surface area contributed by atoms with E-state index >= 15 is 0 Å². The van der Waals surface area contributed by atoms with Gasteiger partial charge in [-0.3, -0.25) is 4.79 Å². The fourth-order valence-corrected chi connectivity index (χ4v) is 1.95. The molecule has 0 bridgehead atoms. The molecule has 0 radical (unpaired) electrons. The first-order valence-corrected chi connectivity index (χ1v) is 5.96. The van der Waals surface area contributed by atoms with E-state index in [0.29, 0.717) is 5.56 Å². The SMILES string of the molecule is C=C[C@](C)(CCC)[C@@H](O)C(=O)c1ccccc1. The van der Waals surface area contributed by atoms with Gasteiger partial charge < -0.3 is 5.11 Å². The zero-order valence-corrected chi connectivity index (χ0v) is 10.5. The molecule has 0 aromatic heterocycles. The Morgan fingerprint density at radius 1 is 1.47 bits per heavy atom. The molecule has 0 fully saturated rings. The molecule has 92 valence electrons. The van der Waals surface area contributed by atoms with Crippen molar-refractivity contribution in [3.05, 3.63) is 48.6 Å². The van der Waals surface area contributed by atoms with Gasteiger partial charge in [-0.2, -0.15) is 0 Å². The Bertz CT molecular complexity index is 383. The van der Waals surface area contributed by atoms with Crippen molar-refractivity contribution in [3.8, 4) is 0 Å². The van der Waals surface area contributed by atoms with Gasteiger partial charge in [0.05, 0.1) is 0 Å². The standard InChI is InChI=1S/C15H20O2/c1-4-11-15(3,5-2)14(17)13(16)12-9-7-6-8-10-12/h5-10,14,17H,2,4,11H2,1,3H3/t14-,15+/m0/s1. The monoisotopic (exact) mass is 232 g/mol. The van der Waals surface area contributed by atoms with Gasteiger partial charge in [0.15, 0.2) is 5.78 Å². The second-order valence-corrected chi connectivity index (χ2v) is 4.59. The van der Waals surface area contributed by atoms with E-state index in [0.717, 1.165) is 12.8 Å². The molecule has 0 unspecified atom stereocenters. The Hall–Kier alpha value is -1.41. The van der Waals surface area contributed by atoms with Crippen LogP contribution in [0, 0.1) is 5.41 Å². The summed E-state index contributed by atoms with van der Waals surface area (Å²) in [5, 5.41) is 10.2. The third kappa shape index (κ3) is 3.04. The number of carbonyl (C=O) groups is 1. The highest BCUT2D eigenvalue weighted by atomic mass is 16.3. The van der Waals surface area contributed by atoms with Crippen LogP contribution in [0.2, 0.25) is 0 Å². The summed E-state index contributed by atoms with van der Waals surface area (Å²) in [6.45, 7) is 7.64. The molecule has 1 aromatic rings. The maximum atomic E-state index is 12.1. The van der Waals surface area contributed by atoms with Crippen molar-refractivity contribution in [3.63, 3.8) is 0 Å². The fourth-order valence-electron chi connectivity index (χ4n) is 1.95. The van der Waals surface area contributed by atoms with Crippen LogP contribution in [0.3, 0.4) is 0 Å². The first kappa shape index (κ1) is 13.7. The highest BCUT2D eigenvalue weighted by molar-refractivity contribution is 5.99. The van der Waals surface area contributed by atoms with E-state index in [1.165, 1.54) is 0 Å². The van der Waals surface area contributed by atoms with Crippen LogP contribution in [-0.4, -0.2) is 17.0 Å². The molecule has 1 rings (SSSR count). The van der Waals surface area contributed by atoms with Gasteiger partial charge in [-0.15, -0.1) is 6.58 Å². The number of aliphatic hydroxyl groups excluding tert-OH is 1. The van der Waals surface area contributed by atoms with Gasteiger partial charge in [0, 0.05) is 11.0 Å². The lowest BCUT2D eigenvalue weighted by Crippen LogP contribution is -2.37. The van der Waals surface area contributed by atoms with Crippen LogP contribution in [0.5, 0.6) is 0 Å². The second-order valence-electron chi connectivity index (χ2n) is 4.59. The van der Waals surface area contributed by atoms with Crippen LogP contribution < -0.4 is 0 Å². The van der Waals surface area contributed by atoms with E-state index in [4.69, 9.17) is 0 Å². The fraction of sp³-hybridized carbons (Fsp3) is 0.400. The lowest BCUT2D eigenvalue weighted by molar-refractivity contribution is 0.0446. The lowest BCUT2D eigenvalue weighted by atomic mass is 9.77. The predicted octanol–water partition coefficient (Wildman–Crippen LogP) is 3.22. The first-order chi connectivity index (χ1) is 8.05. The minimum atomic E-state index is -1.03. The molecule has 1 N–H and O–H groups in total. The Labute approximate surface area is 103 Å². The van der Waals surface area contributed by atoms with Crippen molar-refractivity contribution in [2.75, 3.05) is 0 Å². The van der Waals surface area contributed by atoms with Crippen molar-refractivity contribution >= 4 is 5.78 Å². The van der Waals surface area contributed by atoms with E-state index in [9.17, 15) is 9.90 Å². The van der Waals surface area contributed by atoms with Crippen molar-refractivity contribution in [2.45, 2.75) is 32.8 Å². The van der Waals surface area contributed by atoms with E-state index in [-0.39, 0.29) is 5.78 Å². The summed E-state index contributed by atoms with van der Waals surface area (Å²) in [6, 6.07) is 8.89. The minimum Gasteiger partial charge on any atom is -0.384 e. The zero-order valence-electron chi connectivity index (χ0n) is 10.5. The third-order valence-corrected chi connectivity index (χ3v) is 3.19.